The molecule has 0 amide bonds. The van der Waals surface area contributed by atoms with Gasteiger partial charge in [0, 0.05) is 12.2 Å². The summed E-state index contributed by atoms with van der Waals surface area (Å²) in [7, 11) is 0. The van der Waals surface area contributed by atoms with Crippen LogP contribution in [0.4, 0.5) is 0 Å². The average Bonchev–Trinajstić information content (AvgIpc) is 2.37. The van der Waals surface area contributed by atoms with Crippen molar-refractivity contribution in [1.82, 2.24) is 10.3 Å². The maximum Gasteiger partial charge on any atom is 0.189 e. The van der Waals surface area contributed by atoms with E-state index in [4.69, 9.17) is 17.3 Å². The van der Waals surface area contributed by atoms with Crippen molar-refractivity contribution in [2.75, 3.05) is 0 Å². The molecule has 1 aromatic rings. The van der Waals surface area contributed by atoms with Crippen LogP contribution in [0.1, 0.15) is 45.6 Å². The first-order valence-corrected chi connectivity index (χ1v) is 7.52. The third-order valence-electron chi connectivity index (χ3n) is 3.03. The largest absolute Gasteiger partial charge is 0.370 e. The quantitative estimate of drug-likeness (QED) is 0.461. The standard InChI is InChI=1S/C15H25ClN4/c1-11(2)5-4-6-12(3)20-15(17)19-10-13-7-8-14(16)18-9-13/h7-9,11-12H,4-6,10H2,1-3H3,(H3,17,19,20). The van der Waals surface area contributed by atoms with E-state index in [0.29, 0.717) is 23.7 Å². The summed E-state index contributed by atoms with van der Waals surface area (Å²) in [5.74, 6) is 1.24. The Balaban J connectivity index is 2.32. The second-order valence-corrected chi connectivity index (χ2v) is 5.95. The highest BCUT2D eigenvalue weighted by atomic mass is 35.5. The second kappa shape index (κ2) is 8.80. The molecular weight excluding hydrogens is 272 g/mol. The number of aromatic nitrogens is 1. The highest BCUT2D eigenvalue weighted by Gasteiger charge is 2.03. The molecule has 112 valence electrons. The molecule has 3 N–H and O–H groups in total. The van der Waals surface area contributed by atoms with Gasteiger partial charge in [-0.3, -0.25) is 0 Å². The van der Waals surface area contributed by atoms with E-state index in [9.17, 15) is 0 Å². The first kappa shape index (κ1) is 16.8. The topological polar surface area (TPSA) is 63.3 Å². The monoisotopic (exact) mass is 296 g/mol. The molecule has 1 aromatic heterocycles. The van der Waals surface area contributed by atoms with Gasteiger partial charge in [-0.05, 0) is 30.9 Å². The molecular formula is C15H25ClN4. The van der Waals surface area contributed by atoms with Crippen molar-refractivity contribution in [2.45, 2.75) is 52.6 Å². The van der Waals surface area contributed by atoms with E-state index < -0.39 is 0 Å². The average molecular weight is 297 g/mol. The van der Waals surface area contributed by atoms with E-state index in [-0.39, 0.29) is 0 Å². The van der Waals surface area contributed by atoms with Gasteiger partial charge in [-0.25, -0.2) is 9.98 Å². The van der Waals surface area contributed by atoms with Crippen LogP contribution in [0.5, 0.6) is 0 Å². The second-order valence-electron chi connectivity index (χ2n) is 5.56. The van der Waals surface area contributed by atoms with Crippen molar-refractivity contribution in [2.24, 2.45) is 16.6 Å². The van der Waals surface area contributed by atoms with Gasteiger partial charge >= 0.3 is 0 Å². The number of rotatable bonds is 7. The zero-order valence-electron chi connectivity index (χ0n) is 12.6. The summed E-state index contributed by atoms with van der Waals surface area (Å²) < 4.78 is 0. The van der Waals surface area contributed by atoms with E-state index in [0.717, 1.165) is 17.9 Å². The molecule has 0 spiro atoms. The molecule has 0 saturated carbocycles. The van der Waals surface area contributed by atoms with Gasteiger partial charge in [-0.1, -0.05) is 44.4 Å². The summed E-state index contributed by atoms with van der Waals surface area (Å²) >= 11 is 5.73. The molecule has 1 heterocycles. The van der Waals surface area contributed by atoms with Crippen LogP contribution < -0.4 is 11.1 Å². The number of pyridine rings is 1. The Bertz CT molecular complexity index is 414. The lowest BCUT2D eigenvalue weighted by molar-refractivity contribution is 0.493. The summed E-state index contributed by atoms with van der Waals surface area (Å²) in [5, 5.41) is 3.71. The van der Waals surface area contributed by atoms with Gasteiger partial charge < -0.3 is 11.1 Å². The van der Waals surface area contributed by atoms with Crippen LogP contribution >= 0.6 is 11.6 Å². The van der Waals surface area contributed by atoms with Gasteiger partial charge in [0.2, 0.25) is 0 Å². The van der Waals surface area contributed by atoms with Crippen LogP contribution in [0.2, 0.25) is 5.15 Å². The van der Waals surface area contributed by atoms with Gasteiger partial charge in [0.05, 0.1) is 6.54 Å². The Labute approximate surface area is 126 Å². The number of nitrogens with one attached hydrogen (secondary N) is 1. The third kappa shape index (κ3) is 7.34. The Kier molecular flexibility index (Phi) is 7.37. The van der Waals surface area contributed by atoms with Crippen LogP contribution in [0.3, 0.4) is 0 Å². The minimum Gasteiger partial charge on any atom is -0.370 e. The minimum atomic E-state index is 0.348. The number of halogens is 1. The number of hydrogen-bond acceptors (Lipinski definition) is 2. The fraction of sp³-hybridized carbons (Fsp3) is 0.600. The molecule has 0 aromatic carbocycles. The molecule has 0 aliphatic carbocycles. The molecule has 1 rings (SSSR count). The summed E-state index contributed by atoms with van der Waals surface area (Å²) in [6.07, 6.45) is 5.28. The lowest BCUT2D eigenvalue weighted by atomic mass is 10.0. The van der Waals surface area contributed by atoms with Crippen molar-refractivity contribution >= 4 is 17.6 Å². The molecule has 0 aliphatic heterocycles. The van der Waals surface area contributed by atoms with Gasteiger partial charge in [0.1, 0.15) is 5.15 Å². The summed E-state index contributed by atoms with van der Waals surface area (Å²) in [5.41, 5.74) is 6.87. The van der Waals surface area contributed by atoms with Crippen molar-refractivity contribution in [3.63, 3.8) is 0 Å². The molecule has 20 heavy (non-hydrogen) atoms. The smallest absolute Gasteiger partial charge is 0.189 e. The molecule has 1 unspecified atom stereocenters. The number of nitrogens with two attached hydrogens (primary N) is 1. The number of guanidine groups is 1. The van der Waals surface area contributed by atoms with E-state index in [1.165, 1.54) is 12.8 Å². The summed E-state index contributed by atoms with van der Waals surface area (Å²) in [6.45, 7) is 7.14. The highest BCUT2D eigenvalue weighted by molar-refractivity contribution is 6.29. The van der Waals surface area contributed by atoms with Gasteiger partial charge in [0.15, 0.2) is 5.96 Å². The third-order valence-corrected chi connectivity index (χ3v) is 3.26. The molecule has 0 fully saturated rings. The molecule has 4 nitrogen and oxygen atoms in total. The van der Waals surface area contributed by atoms with E-state index in [1.807, 2.05) is 6.07 Å². The van der Waals surface area contributed by atoms with Crippen LogP contribution in [0, 0.1) is 5.92 Å². The first-order valence-electron chi connectivity index (χ1n) is 7.14. The molecule has 0 bridgehead atoms. The van der Waals surface area contributed by atoms with Crippen LogP contribution in [-0.2, 0) is 6.54 Å². The Hall–Kier alpha value is -1.29. The van der Waals surface area contributed by atoms with Gasteiger partial charge in [0.25, 0.3) is 0 Å². The maximum absolute atomic E-state index is 5.88. The van der Waals surface area contributed by atoms with Crippen molar-refractivity contribution in [1.29, 1.82) is 0 Å². The Morgan fingerprint density at radius 3 is 2.70 bits per heavy atom. The maximum atomic E-state index is 5.88. The van der Waals surface area contributed by atoms with Crippen molar-refractivity contribution < 1.29 is 0 Å². The van der Waals surface area contributed by atoms with Crippen LogP contribution in [0.25, 0.3) is 0 Å². The van der Waals surface area contributed by atoms with Gasteiger partial charge in [-0.15, -0.1) is 0 Å². The van der Waals surface area contributed by atoms with E-state index >= 15 is 0 Å². The Morgan fingerprint density at radius 1 is 1.35 bits per heavy atom. The molecule has 0 saturated heterocycles. The molecule has 1 atom stereocenters. The highest BCUT2D eigenvalue weighted by Crippen LogP contribution is 2.08. The normalized spacial score (nSPS) is 13.6. The van der Waals surface area contributed by atoms with Crippen molar-refractivity contribution in [3.05, 3.63) is 29.0 Å². The summed E-state index contributed by atoms with van der Waals surface area (Å²) in [4.78, 5) is 8.32. The fourth-order valence-electron chi connectivity index (χ4n) is 1.88. The lowest BCUT2D eigenvalue weighted by Crippen LogP contribution is -2.38. The van der Waals surface area contributed by atoms with Crippen molar-refractivity contribution in [3.8, 4) is 0 Å². The number of hydrogen-bond donors (Lipinski definition) is 2. The number of nitrogens with zero attached hydrogens (tertiary/aromatic N) is 2. The predicted molar refractivity (Wildman–Crippen MR) is 85.9 cm³/mol. The predicted octanol–water partition coefficient (Wildman–Crippen LogP) is 3.35. The zero-order chi connectivity index (χ0) is 15.0. The molecule has 5 heteroatoms. The van der Waals surface area contributed by atoms with Gasteiger partial charge in [-0.2, -0.15) is 0 Å². The van der Waals surface area contributed by atoms with Crippen LogP contribution in [-0.4, -0.2) is 17.0 Å². The van der Waals surface area contributed by atoms with E-state index in [2.05, 4.69) is 36.1 Å². The molecule has 0 aliphatic rings. The zero-order valence-corrected chi connectivity index (χ0v) is 13.3. The minimum absolute atomic E-state index is 0.348. The lowest BCUT2D eigenvalue weighted by Gasteiger charge is -2.15. The molecule has 0 radical (unpaired) electrons. The SMILES string of the molecule is CC(C)CCCC(C)NC(N)=NCc1ccc(Cl)nc1. The fourth-order valence-corrected chi connectivity index (χ4v) is 1.99. The van der Waals surface area contributed by atoms with E-state index in [1.54, 1.807) is 12.3 Å². The Morgan fingerprint density at radius 2 is 2.10 bits per heavy atom. The number of aliphatic imine (C=N–C) groups is 1. The first-order chi connectivity index (χ1) is 9.47. The van der Waals surface area contributed by atoms with Crippen LogP contribution in [0.15, 0.2) is 23.3 Å². The summed E-state index contributed by atoms with van der Waals surface area (Å²) in [6, 6.07) is 4.00.